The second-order valence-electron chi connectivity index (χ2n) is 13.6. The van der Waals surface area contributed by atoms with Gasteiger partial charge in [0.1, 0.15) is 18.2 Å². The first-order chi connectivity index (χ1) is 27.9. The number of nitrogens with two attached hydrogens (primary N) is 1. The van der Waals surface area contributed by atoms with E-state index in [2.05, 4.69) is 15.2 Å². The maximum absolute atomic E-state index is 14.2. The number of carboxylic acids is 1. The van der Waals surface area contributed by atoms with Crippen LogP contribution in [0.25, 0.3) is 11.1 Å². The van der Waals surface area contributed by atoms with Crippen LogP contribution in [0.2, 0.25) is 0 Å². The van der Waals surface area contributed by atoms with Crippen LogP contribution in [0, 0.1) is 11.6 Å². The fraction of sp³-hybridized carbons (Fsp3) is 0.333. The van der Waals surface area contributed by atoms with Crippen LogP contribution < -0.4 is 5.73 Å². The lowest BCUT2D eigenvalue weighted by Crippen LogP contribution is -2.20. The topological polar surface area (TPSA) is 146 Å². The number of benzene rings is 2. The van der Waals surface area contributed by atoms with E-state index >= 15 is 0 Å². The van der Waals surface area contributed by atoms with Crippen molar-refractivity contribution in [2.45, 2.75) is 68.5 Å². The van der Waals surface area contributed by atoms with E-state index in [1.807, 2.05) is 0 Å². The van der Waals surface area contributed by atoms with Crippen molar-refractivity contribution in [2.24, 2.45) is 5.73 Å². The van der Waals surface area contributed by atoms with Crippen LogP contribution in [0.1, 0.15) is 67.9 Å². The molecule has 1 amide bonds. The van der Waals surface area contributed by atoms with Gasteiger partial charge in [0.25, 0.3) is 5.91 Å². The van der Waals surface area contributed by atoms with Crippen LogP contribution >= 0.6 is 23.5 Å². The number of hydrogen-bond acceptors (Lipinski definition) is 8. The molecule has 2 aromatic carbocycles. The largest absolute Gasteiger partial charge is 0.480 e. The summed E-state index contributed by atoms with van der Waals surface area (Å²) < 4.78 is 110. The van der Waals surface area contributed by atoms with E-state index in [-0.39, 0.29) is 53.4 Å². The lowest BCUT2D eigenvalue weighted by atomic mass is 9.86. The van der Waals surface area contributed by atoms with Gasteiger partial charge in [0.15, 0.2) is 17.2 Å². The van der Waals surface area contributed by atoms with Gasteiger partial charge < -0.3 is 10.8 Å². The minimum absolute atomic E-state index is 0.108. The smallest absolute Gasteiger partial charge is 0.435 e. The number of hydrogen-bond donors (Lipinski definition) is 2. The molecule has 0 saturated carbocycles. The number of nitrogens with zero attached hydrogens (tertiary/aromatic N) is 5. The predicted octanol–water partition coefficient (Wildman–Crippen LogP) is 7.89. The molecule has 0 bridgehead atoms. The molecule has 0 radical (unpaired) electrons. The highest BCUT2D eigenvalue weighted by Crippen LogP contribution is 2.39. The van der Waals surface area contributed by atoms with Crippen LogP contribution in [-0.2, 0) is 65.8 Å². The first kappa shape index (κ1) is 43.3. The molecular formula is C39H34F8N6O4S2. The summed E-state index contributed by atoms with van der Waals surface area (Å²) in [5.41, 5.74) is 6.08. The van der Waals surface area contributed by atoms with Gasteiger partial charge >= 0.3 is 18.3 Å². The Labute approximate surface area is 339 Å². The second kappa shape index (κ2) is 17.9. The average molecular weight is 867 g/mol. The third-order valence-corrected chi connectivity index (χ3v) is 11.5. The number of amides is 1. The first-order valence-corrected chi connectivity index (χ1v) is 20.2. The number of fused-ring (bicyclic) bond motifs is 2. The van der Waals surface area contributed by atoms with Crippen LogP contribution in [0.5, 0.6) is 0 Å². The van der Waals surface area contributed by atoms with E-state index < -0.39 is 59.7 Å². The van der Waals surface area contributed by atoms with Crippen molar-refractivity contribution in [3.8, 4) is 11.1 Å². The highest BCUT2D eigenvalue weighted by atomic mass is 32.2. The Morgan fingerprint density at radius 3 is 1.98 bits per heavy atom. The molecule has 20 heteroatoms. The van der Waals surface area contributed by atoms with E-state index in [1.165, 1.54) is 60.1 Å². The average Bonchev–Trinajstić information content (AvgIpc) is 3.74. The van der Waals surface area contributed by atoms with Gasteiger partial charge in [-0.3, -0.25) is 28.7 Å². The molecule has 0 fully saturated rings. The number of halogens is 8. The summed E-state index contributed by atoms with van der Waals surface area (Å²) in [6.07, 6.45) is -6.83. The number of rotatable bonds is 11. The number of ketones is 1. The molecule has 3 N–H and O–H groups in total. The molecule has 3 aromatic heterocycles. The van der Waals surface area contributed by atoms with Crippen LogP contribution in [0.15, 0.2) is 60.8 Å². The van der Waals surface area contributed by atoms with E-state index in [4.69, 9.17) is 10.8 Å². The van der Waals surface area contributed by atoms with Gasteiger partial charge in [0, 0.05) is 58.1 Å². The zero-order chi connectivity index (χ0) is 42.6. The van der Waals surface area contributed by atoms with Gasteiger partial charge in [-0.2, -0.15) is 60.1 Å². The summed E-state index contributed by atoms with van der Waals surface area (Å²) in [6.45, 7) is -0.893. The van der Waals surface area contributed by atoms with Crippen molar-refractivity contribution in [2.75, 3.05) is 11.5 Å². The van der Waals surface area contributed by atoms with E-state index in [0.717, 1.165) is 15.4 Å². The molecule has 2 aliphatic rings. The van der Waals surface area contributed by atoms with Crippen molar-refractivity contribution in [3.63, 3.8) is 0 Å². The zero-order valence-corrected chi connectivity index (χ0v) is 32.4. The molecule has 59 heavy (non-hydrogen) atoms. The lowest BCUT2D eigenvalue weighted by molar-refractivity contribution is -0.143. The zero-order valence-electron chi connectivity index (χ0n) is 30.7. The van der Waals surface area contributed by atoms with Crippen LogP contribution in [-0.4, -0.2) is 58.8 Å². The van der Waals surface area contributed by atoms with E-state index in [9.17, 15) is 49.5 Å². The number of Topliss-reactive ketones (excluding diaryl/α,β-unsaturated/α-hetero) is 1. The van der Waals surface area contributed by atoms with E-state index in [0.29, 0.717) is 58.1 Å². The van der Waals surface area contributed by atoms with Gasteiger partial charge in [0.2, 0.25) is 0 Å². The van der Waals surface area contributed by atoms with Gasteiger partial charge in [-0.1, -0.05) is 24.3 Å². The quantitative estimate of drug-likeness (QED) is 0.127. The molecule has 0 saturated heterocycles. The Balaban J connectivity index is 0.000000287. The summed E-state index contributed by atoms with van der Waals surface area (Å²) in [6, 6.07) is 13.0. The van der Waals surface area contributed by atoms with Crippen molar-refractivity contribution in [1.29, 1.82) is 0 Å². The lowest BCUT2D eigenvalue weighted by Gasteiger charge is -2.20. The number of carbonyl (C=O) groups excluding carboxylic acids is 2. The molecule has 7 rings (SSSR count). The van der Waals surface area contributed by atoms with Crippen molar-refractivity contribution in [3.05, 3.63) is 123 Å². The molecule has 5 heterocycles. The molecule has 1 atom stereocenters. The predicted molar refractivity (Wildman–Crippen MR) is 202 cm³/mol. The minimum Gasteiger partial charge on any atom is -0.480 e. The molecule has 312 valence electrons. The molecule has 10 nitrogen and oxygen atoms in total. The number of carboxylic acid groups (broad SMARTS) is 1. The Morgan fingerprint density at radius 1 is 0.814 bits per heavy atom. The Morgan fingerprint density at radius 2 is 1.42 bits per heavy atom. The second-order valence-corrected chi connectivity index (χ2v) is 15.8. The van der Waals surface area contributed by atoms with Gasteiger partial charge in [-0.15, -0.1) is 0 Å². The number of pyridine rings is 1. The molecule has 0 aliphatic carbocycles. The van der Waals surface area contributed by atoms with Crippen LogP contribution in [0.4, 0.5) is 35.1 Å². The molecule has 0 unspecified atom stereocenters. The molecule has 0 spiro atoms. The Hall–Kier alpha value is -5.24. The minimum atomic E-state index is -4.64. The fourth-order valence-corrected chi connectivity index (χ4v) is 9.03. The molecular weight excluding hydrogens is 833 g/mol. The summed E-state index contributed by atoms with van der Waals surface area (Å²) >= 11 is 2.78. The maximum atomic E-state index is 14.2. The van der Waals surface area contributed by atoms with Crippen LogP contribution in [0.3, 0.4) is 0 Å². The third kappa shape index (κ3) is 10.3. The summed E-state index contributed by atoms with van der Waals surface area (Å²) in [4.78, 5) is 40.3. The highest BCUT2D eigenvalue weighted by molar-refractivity contribution is 7.98. The third-order valence-electron chi connectivity index (χ3n) is 9.55. The Bertz CT molecular complexity index is 2380. The monoisotopic (exact) mass is 866 g/mol. The highest BCUT2D eigenvalue weighted by Gasteiger charge is 2.41. The van der Waals surface area contributed by atoms with Gasteiger partial charge in [-0.25, -0.2) is 8.78 Å². The summed E-state index contributed by atoms with van der Waals surface area (Å²) in [7, 11) is 0. The van der Waals surface area contributed by atoms with Crippen molar-refractivity contribution < 1.29 is 54.6 Å². The SMILES string of the molecule is NC(=O)c1cc(-c2cccnc2[C@@H](CC(=O)Cn2nc(C(F)(F)F)c3c2CCSC3)Cc2cccc(F)c2)ccc1F.O=C(O)Cn1nc(C(F)(F)F)c2c1CCSC2. The van der Waals surface area contributed by atoms with Gasteiger partial charge in [-0.05, 0) is 72.2 Å². The maximum Gasteiger partial charge on any atom is 0.435 e. The van der Waals surface area contributed by atoms with E-state index in [1.54, 1.807) is 18.2 Å². The number of primary amides is 1. The number of thioether (sulfide) groups is 2. The standard InChI is InChI=1S/C30H25F5N4O2S.C9H9F3N2O2S/c31-20-4-1-3-17(12-20)11-19(27-22(5-2-9-37-27)18-6-7-25(32)23(14-18)29(36)41)13-21(40)15-39-26-8-10-42-16-24(26)28(38-39)30(33,34)35;10-9(11,12)8-5-4-17-2-1-6(5)14(13-8)3-7(15)16/h1-7,9,12,14,19H,8,10-11,13,15-16H2,(H2,36,41);1-4H2,(H,15,16)/t19-;/m1./s1. The van der Waals surface area contributed by atoms with Crippen molar-refractivity contribution >= 4 is 41.2 Å². The molecule has 5 aromatic rings. The van der Waals surface area contributed by atoms with Crippen molar-refractivity contribution in [1.82, 2.24) is 24.5 Å². The Kier molecular flexibility index (Phi) is 13.2. The summed E-state index contributed by atoms with van der Waals surface area (Å²) in [5.74, 6) is -2.71. The molecule has 2 aliphatic heterocycles. The first-order valence-electron chi connectivity index (χ1n) is 17.9. The number of aromatic nitrogens is 5. The number of alkyl halides is 6. The fourth-order valence-electron chi connectivity index (χ4n) is 7.05. The van der Waals surface area contributed by atoms with Gasteiger partial charge in [0.05, 0.1) is 17.8 Å². The number of aliphatic carboxylic acids is 1. The summed E-state index contributed by atoms with van der Waals surface area (Å²) in [5, 5.41) is 15.8. The number of carbonyl (C=O) groups is 3. The normalized spacial score (nSPS) is 14.4.